The number of rotatable bonds is 4. The Morgan fingerprint density at radius 1 is 1.50 bits per heavy atom. The van der Waals surface area contributed by atoms with Crippen molar-refractivity contribution >= 4 is 9.84 Å². The normalized spacial score (nSPS) is 23.6. The van der Waals surface area contributed by atoms with Crippen LogP contribution < -0.4 is 11.3 Å². The van der Waals surface area contributed by atoms with Gasteiger partial charge in [-0.3, -0.25) is 11.3 Å². The maximum absolute atomic E-state index is 11.2. The third kappa shape index (κ3) is 2.18. The molecule has 0 radical (unpaired) electrons. The fourth-order valence-electron chi connectivity index (χ4n) is 1.38. The van der Waals surface area contributed by atoms with Crippen LogP contribution in [0.2, 0.25) is 0 Å². The molecule has 3 N–H and O–H groups in total. The zero-order valence-electron chi connectivity index (χ0n) is 7.45. The molecule has 2 atom stereocenters. The zero-order chi connectivity index (χ0) is 9.35. The minimum absolute atomic E-state index is 0.0694. The highest BCUT2D eigenvalue weighted by atomic mass is 32.2. The van der Waals surface area contributed by atoms with Gasteiger partial charge in [0.1, 0.15) is 0 Å². The Bertz CT molecular complexity index is 246. The van der Waals surface area contributed by atoms with E-state index < -0.39 is 9.84 Å². The van der Waals surface area contributed by atoms with E-state index in [1.807, 2.05) is 0 Å². The summed E-state index contributed by atoms with van der Waals surface area (Å²) < 4.78 is 22.3. The number of nitrogens with two attached hydrogens (primary N) is 1. The molecule has 1 aliphatic carbocycles. The van der Waals surface area contributed by atoms with Gasteiger partial charge in [0.15, 0.2) is 9.84 Å². The average molecular weight is 192 g/mol. The maximum Gasteiger partial charge on any atom is 0.151 e. The predicted octanol–water partition coefficient (Wildman–Crippen LogP) is -0.339. The van der Waals surface area contributed by atoms with Crippen molar-refractivity contribution < 1.29 is 8.42 Å². The number of hydrogen-bond donors (Lipinski definition) is 2. The van der Waals surface area contributed by atoms with Crippen molar-refractivity contribution in [2.45, 2.75) is 31.1 Å². The van der Waals surface area contributed by atoms with Crippen LogP contribution in [-0.4, -0.2) is 26.0 Å². The van der Waals surface area contributed by atoms with Crippen LogP contribution in [0.4, 0.5) is 0 Å². The molecule has 4 nitrogen and oxygen atoms in total. The van der Waals surface area contributed by atoms with Gasteiger partial charge < -0.3 is 0 Å². The summed E-state index contributed by atoms with van der Waals surface area (Å²) >= 11 is 0. The number of hydrogen-bond acceptors (Lipinski definition) is 4. The molecule has 1 rings (SSSR count). The van der Waals surface area contributed by atoms with E-state index in [2.05, 4.69) is 5.43 Å². The summed E-state index contributed by atoms with van der Waals surface area (Å²) in [5, 5.41) is -0.380. The fraction of sp³-hybridized carbons (Fsp3) is 1.00. The lowest BCUT2D eigenvalue weighted by atomic mass is 10.1. The molecule has 2 unspecified atom stereocenters. The lowest BCUT2D eigenvalue weighted by Crippen LogP contribution is -2.47. The van der Waals surface area contributed by atoms with Crippen LogP contribution in [0.5, 0.6) is 0 Å². The Kier molecular flexibility index (Phi) is 2.75. The van der Waals surface area contributed by atoms with Gasteiger partial charge in [0, 0.05) is 12.3 Å². The molecule has 0 bridgehead atoms. The smallest absolute Gasteiger partial charge is 0.151 e. The highest BCUT2D eigenvalue weighted by Gasteiger charge is 2.37. The van der Waals surface area contributed by atoms with Crippen molar-refractivity contribution in [3.05, 3.63) is 0 Å². The predicted molar refractivity (Wildman–Crippen MR) is 48.1 cm³/mol. The molecule has 0 aromatic rings. The quantitative estimate of drug-likeness (QED) is 0.472. The van der Waals surface area contributed by atoms with E-state index >= 15 is 0 Å². The molecular formula is C7H16N2O2S. The first-order valence-corrected chi connectivity index (χ1v) is 6.07. The second-order valence-electron chi connectivity index (χ2n) is 3.56. The van der Waals surface area contributed by atoms with Gasteiger partial charge in [-0.1, -0.05) is 0 Å². The maximum atomic E-state index is 11.2. The van der Waals surface area contributed by atoms with E-state index in [0.29, 0.717) is 5.92 Å². The molecule has 0 aromatic carbocycles. The van der Waals surface area contributed by atoms with Crippen LogP contribution in [-0.2, 0) is 9.84 Å². The van der Waals surface area contributed by atoms with Crippen molar-refractivity contribution in [2.75, 3.05) is 6.26 Å². The zero-order valence-corrected chi connectivity index (χ0v) is 8.26. The third-order valence-electron chi connectivity index (χ3n) is 2.50. The molecular weight excluding hydrogens is 176 g/mol. The summed E-state index contributed by atoms with van der Waals surface area (Å²) in [6.45, 7) is 1.71. The van der Waals surface area contributed by atoms with E-state index in [1.165, 1.54) is 6.26 Å². The summed E-state index contributed by atoms with van der Waals surface area (Å²) in [5.41, 5.74) is 2.59. The molecule has 0 amide bonds. The van der Waals surface area contributed by atoms with E-state index in [9.17, 15) is 8.42 Å². The first kappa shape index (κ1) is 9.95. The van der Waals surface area contributed by atoms with Gasteiger partial charge >= 0.3 is 0 Å². The Hall–Kier alpha value is -0.130. The Balaban J connectivity index is 2.65. The minimum Gasteiger partial charge on any atom is -0.271 e. The molecule has 5 heteroatoms. The fourth-order valence-corrected chi connectivity index (χ4v) is 2.21. The van der Waals surface area contributed by atoms with E-state index in [-0.39, 0.29) is 11.3 Å². The topological polar surface area (TPSA) is 72.2 Å². The van der Waals surface area contributed by atoms with Gasteiger partial charge in [0.2, 0.25) is 0 Å². The van der Waals surface area contributed by atoms with Crippen LogP contribution in [0.15, 0.2) is 0 Å². The minimum atomic E-state index is -2.96. The third-order valence-corrected chi connectivity index (χ3v) is 4.15. The molecule has 1 aliphatic rings. The summed E-state index contributed by atoms with van der Waals surface area (Å²) in [5.74, 6) is 5.75. The molecule has 1 saturated carbocycles. The van der Waals surface area contributed by atoms with E-state index in [1.54, 1.807) is 6.92 Å². The summed E-state index contributed by atoms with van der Waals surface area (Å²) in [7, 11) is -2.96. The molecule has 0 aliphatic heterocycles. The molecule has 0 saturated heterocycles. The van der Waals surface area contributed by atoms with Crippen molar-refractivity contribution in [3.8, 4) is 0 Å². The highest BCUT2D eigenvalue weighted by Crippen LogP contribution is 2.34. The van der Waals surface area contributed by atoms with E-state index in [0.717, 1.165) is 12.8 Å². The summed E-state index contributed by atoms with van der Waals surface area (Å²) in [4.78, 5) is 0. The number of hydrazine groups is 1. The molecule has 12 heavy (non-hydrogen) atoms. The standard InChI is InChI=1S/C7H16N2O2S/c1-5(12(2,10)11)7(9-8)6-3-4-6/h5-7,9H,3-4,8H2,1-2H3. The Labute approximate surface area is 73.4 Å². The van der Waals surface area contributed by atoms with Crippen molar-refractivity contribution in [1.29, 1.82) is 0 Å². The molecule has 0 spiro atoms. The van der Waals surface area contributed by atoms with Crippen LogP contribution in [0.1, 0.15) is 19.8 Å². The molecule has 0 heterocycles. The second-order valence-corrected chi connectivity index (χ2v) is 5.97. The molecule has 0 aromatic heterocycles. The van der Waals surface area contributed by atoms with Gasteiger partial charge in [-0.2, -0.15) is 0 Å². The van der Waals surface area contributed by atoms with Crippen molar-refractivity contribution in [1.82, 2.24) is 5.43 Å². The summed E-state index contributed by atoms with van der Waals surface area (Å²) in [6.07, 6.45) is 3.44. The Morgan fingerprint density at radius 2 is 2.00 bits per heavy atom. The lowest BCUT2D eigenvalue weighted by Gasteiger charge is -2.20. The second kappa shape index (κ2) is 3.32. The lowest BCUT2D eigenvalue weighted by molar-refractivity contribution is 0.453. The van der Waals surface area contributed by atoms with Crippen LogP contribution in [0.25, 0.3) is 0 Å². The largest absolute Gasteiger partial charge is 0.271 e. The monoisotopic (exact) mass is 192 g/mol. The molecule has 1 fully saturated rings. The van der Waals surface area contributed by atoms with Crippen LogP contribution >= 0.6 is 0 Å². The van der Waals surface area contributed by atoms with Crippen LogP contribution in [0.3, 0.4) is 0 Å². The van der Waals surface area contributed by atoms with Gasteiger partial charge in [0.25, 0.3) is 0 Å². The van der Waals surface area contributed by atoms with Crippen molar-refractivity contribution in [3.63, 3.8) is 0 Å². The van der Waals surface area contributed by atoms with Gasteiger partial charge in [-0.05, 0) is 25.7 Å². The Morgan fingerprint density at radius 3 is 2.25 bits per heavy atom. The summed E-state index contributed by atoms with van der Waals surface area (Å²) in [6, 6.07) is -0.0694. The highest BCUT2D eigenvalue weighted by molar-refractivity contribution is 7.91. The van der Waals surface area contributed by atoms with Gasteiger partial charge in [-0.15, -0.1) is 0 Å². The van der Waals surface area contributed by atoms with E-state index in [4.69, 9.17) is 5.84 Å². The van der Waals surface area contributed by atoms with Gasteiger partial charge in [-0.25, -0.2) is 8.42 Å². The SMILES string of the molecule is CC(C(NN)C1CC1)S(C)(=O)=O. The first-order valence-electron chi connectivity index (χ1n) is 4.12. The number of sulfone groups is 1. The van der Waals surface area contributed by atoms with Crippen LogP contribution in [0, 0.1) is 5.92 Å². The molecule has 72 valence electrons. The first-order chi connectivity index (χ1) is 5.46. The average Bonchev–Trinajstić information content (AvgIpc) is 2.70. The number of nitrogens with one attached hydrogen (secondary N) is 1. The van der Waals surface area contributed by atoms with Crippen molar-refractivity contribution in [2.24, 2.45) is 11.8 Å². The van der Waals surface area contributed by atoms with Gasteiger partial charge in [0.05, 0.1) is 5.25 Å².